The van der Waals surface area contributed by atoms with Gasteiger partial charge in [0, 0.05) is 11.9 Å². The van der Waals surface area contributed by atoms with E-state index in [-0.39, 0.29) is 11.8 Å². The van der Waals surface area contributed by atoms with E-state index >= 15 is 0 Å². The highest BCUT2D eigenvalue weighted by molar-refractivity contribution is 9.09. The van der Waals surface area contributed by atoms with E-state index in [0.717, 1.165) is 23.1 Å². The van der Waals surface area contributed by atoms with Gasteiger partial charge in [0.05, 0.1) is 5.92 Å². The second-order valence-corrected chi connectivity index (χ2v) is 5.47. The molecule has 0 bridgehead atoms. The molecule has 3 nitrogen and oxygen atoms in total. The summed E-state index contributed by atoms with van der Waals surface area (Å²) in [5.41, 5.74) is 1.12. The van der Waals surface area contributed by atoms with Gasteiger partial charge in [-0.1, -0.05) is 41.1 Å². The first kappa shape index (κ1) is 13.4. The van der Waals surface area contributed by atoms with Gasteiger partial charge in [-0.25, -0.2) is 0 Å². The standard InChI is InChI=1S/C14H18BrNO2/c1-10(7-15)8-16-14(17)12-6-11-4-2-3-5-13(11)18-9-12/h2-5,10,12H,6-9H2,1H3,(H,16,17). The van der Waals surface area contributed by atoms with Crippen molar-refractivity contribution in [2.45, 2.75) is 13.3 Å². The summed E-state index contributed by atoms with van der Waals surface area (Å²) in [5.74, 6) is 1.39. The number of carbonyl (C=O) groups is 1. The maximum atomic E-state index is 12.0. The van der Waals surface area contributed by atoms with E-state index in [4.69, 9.17) is 4.74 Å². The van der Waals surface area contributed by atoms with Gasteiger partial charge in [0.1, 0.15) is 12.4 Å². The number of ether oxygens (including phenoxy) is 1. The van der Waals surface area contributed by atoms with Gasteiger partial charge in [-0.05, 0) is 24.0 Å². The Bertz CT molecular complexity index is 422. The molecule has 4 heteroatoms. The van der Waals surface area contributed by atoms with Crippen LogP contribution in [0.15, 0.2) is 24.3 Å². The zero-order chi connectivity index (χ0) is 13.0. The Labute approximate surface area is 116 Å². The molecule has 1 aliphatic rings. The lowest BCUT2D eigenvalue weighted by molar-refractivity contribution is -0.126. The van der Waals surface area contributed by atoms with Gasteiger partial charge >= 0.3 is 0 Å². The van der Waals surface area contributed by atoms with Crippen LogP contribution < -0.4 is 10.1 Å². The lowest BCUT2D eigenvalue weighted by atomic mass is 9.96. The Morgan fingerprint density at radius 2 is 2.33 bits per heavy atom. The van der Waals surface area contributed by atoms with Crippen molar-refractivity contribution in [2.75, 3.05) is 18.5 Å². The van der Waals surface area contributed by atoms with Crippen LogP contribution in [-0.4, -0.2) is 24.4 Å². The van der Waals surface area contributed by atoms with Crippen molar-refractivity contribution in [3.8, 4) is 5.75 Å². The topological polar surface area (TPSA) is 38.3 Å². The molecule has 0 radical (unpaired) electrons. The number of rotatable bonds is 4. The fourth-order valence-corrected chi connectivity index (χ4v) is 2.20. The van der Waals surface area contributed by atoms with Crippen LogP contribution >= 0.6 is 15.9 Å². The Hall–Kier alpha value is -1.03. The second-order valence-electron chi connectivity index (χ2n) is 4.82. The molecule has 2 unspecified atom stereocenters. The van der Waals surface area contributed by atoms with Crippen molar-refractivity contribution in [2.24, 2.45) is 11.8 Å². The minimum absolute atomic E-state index is 0.0672. The van der Waals surface area contributed by atoms with Crippen LogP contribution in [0.2, 0.25) is 0 Å². The summed E-state index contributed by atoms with van der Waals surface area (Å²) < 4.78 is 5.62. The molecule has 1 heterocycles. The summed E-state index contributed by atoms with van der Waals surface area (Å²) in [7, 11) is 0. The summed E-state index contributed by atoms with van der Waals surface area (Å²) in [6.45, 7) is 3.29. The molecule has 1 N–H and O–H groups in total. The monoisotopic (exact) mass is 311 g/mol. The van der Waals surface area contributed by atoms with Gasteiger partial charge in [-0.3, -0.25) is 4.79 Å². The minimum atomic E-state index is -0.0672. The maximum Gasteiger partial charge on any atom is 0.226 e. The molecular formula is C14H18BrNO2. The van der Waals surface area contributed by atoms with Crippen molar-refractivity contribution >= 4 is 21.8 Å². The molecule has 1 aromatic carbocycles. The Kier molecular flexibility index (Phi) is 4.64. The zero-order valence-electron chi connectivity index (χ0n) is 10.5. The normalized spacial score (nSPS) is 19.6. The largest absolute Gasteiger partial charge is 0.492 e. The number of para-hydroxylation sites is 1. The molecule has 1 aromatic rings. The smallest absolute Gasteiger partial charge is 0.226 e. The maximum absolute atomic E-state index is 12.0. The molecule has 18 heavy (non-hydrogen) atoms. The van der Waals surface area contributed by atoms with Gasteiger partial charge in [0.15, 0.2) is 0 Å². The van der Waals surface area contributed by atoms with Crippen LogP contribution in [0.5, 0.6) is 5.75 Å². The predicted octanol–water partition coefficient (Wildman–Crippen LogP) is 2.38. The molecule has 0 aliphatic carbocycles. The highest BCUT2D eigenvalue weighted by Gasteiger charge is 2.25. The molecule has 1 amide bonds. The highest BCUT2D eigenvalue weighted by Crippen LogP contribution is 2.26. The van der Waals surface area contributed by atoms with Gasteiger partial charge in [0.2, 0.25) is 5.91 Å². The molecular weight excluding hydrogens is 294 g/mol. The summed E-state index contributed by atoms with van der Waals surface area (Å²) in [5, 5.41) is 3.89. The van der Waals surface area contributed by atoms with E-state index in [0.29, 0.717) is 19.1 Å². The number of carbonyl (C=O) groups excluding carboxylic acids is 1. The number of amides is 1. The van der Waals surface area contributed by atoms with Crippen LogP contribution in [0.25, 0.3) is 0 Å². The van der Waals surface area contributed by atoms with E-state index in [1.165, 1.54) is 0 Å². The van der Waals surface area contributed by atoms with Gasteiger partial charge in [-0.15, -0.1) is 0 Å². The summed E-state index contributed by atoms with van der Waals surface area (Å²) in [6.07, 6.45) is 0.769. The second kappa shape index (κ2) is 6.23. The third-order valence-electron chi connectivity index (χ3n) is 3.14. The zero-order valence-corrected chi connectivity index (χ0v) is 12.1. The average molecular weight is 312 g/mol. The summed E-state index contributed by atoms with van der Waals surface area (Å²) >= 11 is 3.41. The Morgan fingerprint density at radius 3 is 3.11 bits per heavy atom. The van der Waals surface area contributed by atoms with Crippen LogP contribution in [0, 0.1) is 11.8 Å². The van der Waals surface area contributed by atoms with Gasteiger partial charge in [0.25, 0.3) is 0 Å². The summed E-state index contributed by atoms with van der Waals surface area (Å²) in [6, 6.07) is 7.92. The van der Waals surface area contributed by atoms with E-state index in [1.54, 1.807) is 0 Å². The molecule has 1 aliphatic heterocycles. The molecule has 2 rings (SSSR count). The van der Waals surface area contributed by atoms with E-state index in [2.05, 4.69) is 28.2 Å². The molecule has 0 fully saturated rings. The minimum Gasteiger partial charge on any atom is -0.492 e. The van der Waals surface area contributed by atoms with Crippen LogP contribution in [-0.2, 0) is 11.2 Å². The first-order valence-corrected chi connectivity index (χ1v) is 7.37. The van der Waals surface area contributed by atoms with Gasteiger partial charge < -0.3 is 10.1 Å². The van der Waals surface area contributed by atoms with E-state index in [9.17, 15) is 4.79 Å². The van der Waals surface area contributed by atoms with Crippen LogP contribution in [0.3, 0.4) is 0 Å². The van der Waals surface area contributed by atoms with E-state index < -0.39 is 0 Å². The molecule has 0 aromatic heterocycles. The van der Waals surface area contributed by atoms with Crippen molar-refractivity contribution < 1.29 is 9.53 Å². The number of nitrogens with one attached hydrogen (secondary N) is 1. The Morgan fingerprint density at radius 1 is 1.56 bits per heavy atom. The predicted molar refractivity (Wildman–Crippen MR) is 75.1 cm³/mol. The molecule has 0 saturated heterocycles. The first-order chi connectivity index (χ1) is 8.70. The molecule has 98 valence electrons. The number of fused-ring (bicyclic) bond motifs is 1. The fourth-order valence-electron chi connectivity index (χ4n) is 1.97. The fraction of sp³-hybridized carbons (Fsp3) is 0.500. The highest BCUT2D eigenvalue weighted by atomic mass is 79.9. The van der Waals surface area contributed by atoms with Crippen molar-refractivity contribution in [3.63, 3.8) is 0 Å². The number of halogens is 1. The summed E-state index contributed by atoms with van der Waals surface area (Å²) in [4.78, 5) is 12.0. The molecule has 0 spiro atoms. The van der Waals surface area contributed by atoms with Crippen LogP contribution in [0.4, 0.5) is 0 Å². The molecule has 2 atom stereocenters. The van der Waals surface area contributed by atoms with Crippen molar-refractivity contribution in [1.29, 1.82) is 0 Å². The van der Waals surface area contributed by atoms with E-state index in [1.807, 2.05) is 24.3 Å². The third kappa shape index (κ3) is 3.25. The van der Waals surface area contributed by atoms with Crippen molar-refractivity contribution in [1.82, 2.24) is 5.32 Å². The SMILES string of the molecule is CC(CBr)CNC(=O)C1COc2ccccc2C1. The van der Waals surface area contributed by atoms with Gasteiger partial charge in [-0.2, -0.15) is 0 Å². The number of alkyl halides is 1. The van der Waals surface area contributed by atoms with Crippen LogP contribution in [0.1, 0.15) is 12.5 Å². The molecule has 0 saturated carbocycles. The first-order valence-electron chi connectivity index (χ1n) is 6.25. The number of hydrogen-bond donors (Lipinski definition) is 1. The Balaban J connectivity index is 1.90. The number of benzene rings is 1. The lowest BCUT2D eigenvalue weighted by Crippen LogP contribution is -2.39. The average Bonchev–Trinajstić information content (AvgIpc) is 2.43. The van der Waals surface area contributed by atoms with Crippen molar-refractivity contribution in [3.05, 3.63) is 29.8 Å². The number of hydrogen-bond acceptors (Lipinski definition) is 2. The lowest BCUT2D eigenvalue weighted by Gasteiger charge is -2.24. The quantitative estimate of drug-likeness (QED) is 0.867. The third-order valence-corrected chi connectivity index (χ3v) is 4.24.